The van der Waals surface area contributed by atoms with Gasteiger partial charge in [-0.15, -0.1) is 5.10 Å². The van der Waals surface area contributed by atoms with Crippen molar-refractivity contribution in [3.8, 4) is 0 Å². The average Bonchev–Trinajstić information content (AvgIpc) is 3.06. The van der Waals surface area contributed by atoms with Crippen molar-refractivity contribution in [3.63, 3.8) is 0 Å². The Kier molecular flexibility index (Phi) is 4.62. The Morgan fingerprint density at radius 2 is 2.16 bits per heavy atom. The molecule has 0 radical (unpaired) electrons. The number of nitrogens with two attached hydrogens (primary N) is 1. The van der Waals surface area contributed by atoms with E-state index in [4.69, 9.17) is 10.5 Å². The molecule has 1 aromatic heterocycles. The topological polar surface area (TPSA) is 86.3 Å². The standard InChI is InChI=1S/C15H19FIN5O2Si/c1-25(2,3)13-7-21(20-19-13)8-15(18)9-22(14(23)24-15)10-4-5-12(17)11(16)6-10/h4-7H,8-9,18H2,1-3H3/t15-/m0/s1. The molecule has 10 heteroatoms. The summed E-state index contributed by atoms with van der Waals surface area (Å²) in [5, 5.41) is 9.24. The van der Waals surface area contributed by atoms with Crippen LogP contribution < -0.4 is 16.0 Å². The summed E-state index contributed by atoms with van der Waals surface area (Å²) in [7, 11) is -1.58. The van der Waals surface area contributed by atoms with Gasteiger partial charge in [-0.3, -0.25) is 10.6 Å². The number of carbonyl (C=O) groups excluding carboxylic acids is 1. The molecule has 1 aliphatic rings. The summed E-state index contributed by atoms with van der Waals surface area (Å²) in [6, 6.07) is 4.57. The van der Waals surface area contributed by atoms with Gasteiger partial charge in [0.2, 0.25) is 5.72 Å². The first-order valence-corrected chi connectivity index (χ1v) is 12.3. The van der Waals surface area contributed by atoms with Gasteiger partial charge >= 0.3 is 6.09 Å². The molecule has 1 saturated heterocycles. The second kappa shape index (κ2) is 6.32. The van der Waals surface area contributed by atoms with Gasteiger partial charge in [0, 0.05) is 9.77 Å². The van der Waals surface area contributed by atoms with Crippen LogP contribution in [0, 0.1) is 9.39 Å². The molecule has 2 aromatic rings. The van der Waals surface area contributed by atoms with Crippen molar-refractivity contribution in [2.75, 3.05) is 11.4 Å². The molecule has 1 aliphatic heterocycles. The highest BCUT2D eigenvalue weighted by molar-refractivity contribution is 14.1. The van der Waals surface area contributed by atoms with Crippen molar-refractivity contribution in [1.82, 2.24) is 15.0 Å². The minimum absolute atomic E-state index is 0.105. The summed E-state index contributed by atoms with van der Waals surface area (Å²) >= 11 is 1.89. The van der Waals surface area contributed by atoms with E-state index in [1.807, 2.05) is 28.8 Å². The van der Waals surface area contributed by atoms with E-state index in [9.17, 15) is 9.18 Å². The van der Waals surface area contributed by atoms with Gasteiger partial charge in [0.25, 0.3) is 0 Å². The normalized spacial score (nSPS) is 20.9. The Bertz CT molecular complexity index is 824. The fourth-order valence-corrected chi connectivity index (χ4v) is 3.74. The molecule has 0 saturated carbocycles. The molecular weight excluding hydrogens is 456 g/mol. The smallest absolute Gasteiger partial charge is 0.416 e. The molecule has 1 atom stereocenters. The summed E-state index contributed by atoms with van der Waals surface area (Å²) in [6.45, 7) is 6.79. The first-order valence-electron chi connectivity index (χ1n) is 7.72. The predicted molar refractivity (Wildman–Crippen MR) is 103 cm³/mol. The van der Waals surface area contributed by atoms with Crippen molar-refractivity contribution in [3.05, 3.63) is 33.8 Å². The molecule has 0 unspecified atom stereocenters. The number of amides is 1. The number of ether oxygens (including phenoxy) is 1. The Morgan fingerprint density at radius 3 is 2.76 bits per heavy atom. The molecule has 7 nitrogen and oxygen atoms in total. The van der Waals surface area contributed by atoms with E-state index < -0.39 is 25.7 Å². The van der Waals surface area contributed by atoms with Crippen molar-refractivity contribution >= 4 is 47.8 Å². The number of benzene rings is 1. The molecule has 1 aromatic carbocycles. The number of anilines is 1. The van der Waals surface area contributed by atoms with Gasteiger partial charge in [0.05, 0.1) is 24.1 Å². The maximum absolute atomic E-state index is 13.8. The molecule has 0 spiro atoms. The lowest BCUT2D eigenvalue weighted by Gasteiger charge is -2.21. The molecule has 134 valence electrons. The number of rotatable bonds is 4. The third-order valence-electron chi connectivity index (χ3n) is 3.89. The monoisotopic (exact) mass is 475 g/mol. The van der Waals surface area contributed by atoms with Crippen LogP contribution in [0.25, 0.3) is 0 Å². The van der Waals surface area contributed by atoms with E-state index in [1.54, 1.807) is 16.8 Å². The fourth-order valence-electron chi connectivity index (χ4n) is 2.52. The molecule has 25 heavy (non-hydrogen) atoms. The first-order chi connectivity index (χ1) is 11.6. The largest absolute Gasteiger partial charge is 0.424 e. The maximum atomic E-state index is 13.8. The Labute approximate surface area is 159 Å². The summed E-state index contributed by atoms with van der Waals surface area (Å²) in [5.41, 5.74) is 5.40. The van der Waals surface area contributed by atoms with Crippen LogP contribution in [0.2, 0.25) is 19.6 Å². The van der Waals surface area contributed by atoms with Crippen LogP contribution in [0.1, 0.15) is 0 Å². The van der Waals surface area contributed by atoms with Gasteiger partial charge in [0.1, 0.15) is 13.9 Å². The number of aromatic nitrogens is 3. The lowest BCUT2D eigenvalue weighted by Crippen LogP contribution is -2.48. The van der Waals surface area contributed by atoms with Crippen LogP contribution in [0.5, 0.6) is 0 Å². The van der Waals surface area contributed by atoms with Crippen molar-refractivity contribution < 1.29 is 13.9 Å². The average molecular weight is 475 g/mol. The minimum Gasteiger partial charge on any atom is -0.424 e. The molecular formula is C15H19FIN5O2Si. The Hall–Kier alpha value is -1.53. The van der Waals surface area contributed by atoms with Gasteiger partial charge in [-0.25, -0.2) is 13.9 Å². The van der Waals surface area contributed by atoms with Crippen LogP contribution in [-0.2, 0) is 11.3 Å². The highest BCUT2D eigenvalue weighted by atomic mass is 127. The van der Waals surface area contributed by atoms with Crippen LogP contribution in [-0.4, -0.2) is 41.4 Å². The van der Waals surface area contributed by atoms with Gasteiger partial charge < -0.3 is 4.74 Å². The van der Waals surface area contributed by atoms with Crippen molar-refractivity contribution in [1.29, 1.82) is 0 Å². The highest BCUT2D eigenvalue weighted by Crippen LogP contribution is 2.27. The number of nitrogens with zero attached hydrogens (tertiary/aromatic N) is 4. The molecule has 0 bridgehead atoms. The van der Waals surface area contributed by atoms with Gasteiger partial charge in [-0.1, -0.05) is 24.9 Å². The highest BCUT2D eigenvalue weighted by Gasteiger charge is 2.44. The third-order valence-corrected chi connectivity index (χ3v) is 6.53. The summed E-state index contributed by atoms with van der Waals surface area (Å²) in [4.78, 5) is 13.5. The van der Waals surface area contributed by atoms with Gasteiger partial charge in [-0.05, 0) is 40.8 Å². The quantitative estimate of drug-likeness (QED) is 0.539. The molecule has 2 heterocycles. The fraction of sp³-hybridized carbons (Fsp3) is 0.400. The van der Waals surface area contributed by atoms with Crippen LogP contribution in [0.4, 0.5) is 14.9 Å². The van der Waals surface area contributed by atoms with Crippen LogP contribution in [0.3, 0.4) is 0 Å². The van der Waals surface area contributed by atoms with E-state index >= 15 is 0 Å². The zero-order valence-corrected chi connectivity index (χ0v) is 17.3. The van der Waals surface area contributed by atoms with Crippen LogP contribution >= 0.6 is 22.6 Å². The molecule has 1 amide bonds. The molecule has 0 aliphatic carbocycles. The Morgan fingerprint density at radius 1 is 1.44 bits per heavy atom. The number of carbonyl (C=O) groups is 1. The number of halogens is 2. The van der Waals surface area contributed by atoms with E-state index in [0.717, 1.165) is 5.32 Å². The second-order valence-electron chi connectivity index (χ2n) is 7.17. The van der Waals surface area contributed by atoms with Crippen LogP contribution in [0.15, 0.2) is 24.4 Å². The van der Waals surface area contributed by atoms with E-state index in [1.165, 1.54) is 11.0 Å². The summed E-state index contributed by atoms with van der Waals surface area (Å²) in [6.07, 6.45) is 1.25. The van der Waals surface area contributed by atoms with Gasteiger partial charge in [0.15, 0.2) is 0 Å². The van der Waals surface area contributed by atoms with E-state index in [0.29, 0.717) is 9.26 Å². The summed E-state index contributed by atoms with van der Waals surface area (Å²) in [5.74, 6) is -0.392. The number of hydrogen-bond donors (Lipinski definition) is 1. The van der Waals surface area contributed by atoms with E-state index in [-0.39, 0.29) is 13.1 Å². The Balaban J connectivity index is 1.78. The van der Waals surface area contributed by atoms with Gasteiger partial charge in [-0.2, -0.15) is 0 Å². The SMILES string of the molecule is C[Si](C)(C)c1cn(C[C@@]2(N)CN(c3ccc(I)c(F)c3)C(=O)O2)nn1. The maximum Gasteiger partial charge on any atom is 0.416 e. The lowest BCUT2D eigenvalue weighted by molar-refractivity contribution is 0.0443. The molecule has 1 fully saturated rings. The first kappa shape index (κ1) is 18.3. The predicted octanol–water partition coefficient (Wildman–Crippen LogP) is 1.88. The van der Waals surface area contributed by atoms with E-state index in [2.05, 4.69) is 30.0 Å². The summed E-state index contributed by atoms with van der Waals surface area (Å²) < 4.78 is 21.2. The molecule has 3 rings (SSSR count). The minimum atomic E-state index is -1.58. The number of hydrogen-bond acceptors (Lipinski definition) is 5. The molecule has 2 N–H and O–H groups in total. The van der Waals surface area contributed by atoms with Crippen molar-refractivity contribution in [2.24, 2.45) is 5.73 Å². The second-order valence-corrected chi connectivity index (χ2v) is 13.3. The van der Waals surface area contributed by atoms with Crippen molar-refractivity contribution in [2.45, 2.75) is 31.9 Å². The number of cyclic esters (lactones) is 1. The zero-order chi connectivity index (χ0) is 18.4. The lowest BCUT2D eigenvalue weighted by atomic mass is 10.2. The zero-order valence-electron chi connectivity index (χ0n) is 14.2. The third kappa shape index (κ3) is 3.85.